The molecule has 1 aliphatic heterocycles. The minimum Gasteiger partial charge on any atom is -0.444 e. The molecule has 0 atom stereocenters. The van der Waals surface area contributed by atoms with Crippen LogP contribution in [-0.2, 0) is 4.74 Å². The molecule has 0 saturated carbocycles. The first-order valence-corrected chi connectivity index (χ1v) is 5.43. The maximum absolute atomic E-state index is 11.4. The Morgan fingerprint density at radius 2 is 1.94 bits per heavy atom. The van der Waals surface area contributed by atoms with Crippen molar-refractivity contribution in [1.82, 2.24) is 15.5 Å². The number of piperazine rings is 1. The number of rotatable bonds is 0. The third-order valence-electron chi connectivity index (χ3n) is 2.05. The lowest BCUT2D eigenvalue weighted by Gasteiger charge is -2.29. The Bertz CT molecular complexity index is 266. The number of hydrogen-bond donors (Lipinski definition) is 3. The number of alkyl carbamates (subject to hydrolysis) is 1. The van der Waals surface area contributed by atoms with Gasteiger partial charge < -0.3 is 15.0 Å². The van der Waals surface area contributed by atoms with Crippen molar-refractivity contribution >= 4 is 12.1 Å². The van der Waals surface area contributed by atoms with Crippen molar-refractivity contribution in [3.8, 4) is 0 Å². The summed E-state index contributed by atoms with van der Waals surface area (Å²) in [5.74, 6) is 0.107. The molecule has 0 radical (unpaired) electrons. The summed E-state index contributed by atoms with van der Waals surface area (Å²) in [5.41, 5.74) is -0.534. The molecule has 0 aromatic carbocycles. The van der Waals surface area contributed by atoms with Gasteiger partial charge in [-0.2, -0.15) is 0 Å². The summed E-state index contributed by atoms with van der Waals surface area (Å²) in [6.07, 6.45) is -0.573. The smallest absolute Gasteiger partial charge is 0.414 e. The standard InChI is InChI=1S/C10H20N4O2/c1-10(2,3)16-9(15)13-8(11)14-6-4-12-5-7-14/h12H,4-7H2,1-3H3,(H2,11,13,15). The zero-order chi connectivity index (χ0) is 12.2. The monoisotopic (exact) mass is 228 g/mol. The summed E-state index contributed by atoms with van der Waals surface area (Å²) >= 11 is 0. The second-order valence-corrected chi connectivity index (χ2v) is 4.71. The van der Waals surface area contributed by atoms with Crippen LogP contribution in [0.3, 0.4) is 0 Å². The van der Waals surface area contributed by atoms with Gasteiger partial charge in [-0.3, -0.25) is 10.7 Å². The van der Waals surface area contributed by atoms with Gasteiger partial charge in [0.05, 0.1) is 0 Å². The third kappa shape index (κ3) is 4.48. The normalized spacial score (nSPS) is 16.8. The first-order valence-electron chi connectivity index (χ1n) is 5.43. The van der Waals surface area contributed by atoms with Crippen molar-refractivity contribution < 1.29 is 9.53 Å². The Morgan fingerprint density at radius 1 is 1.38 bits per heavy atom. The van der Waals surface area contributed by atoms with Gasteiger partial charge >= 0.3 is 6.09 Å². The maximum atomic E-state index is 11.4. The first-order chi connectivity index (χ1) is 7.38. The second-order valence-electron chi connectivity index (χ2n) is 4.71. The lowest BCUT2D eigenvalue weighted by molar-refractivity contribution is 0.0555. The van der Waals surface area contributed by atoms with E-state index in [-0.39, 0.29) is 5.96 Å². The molecule has 1 heterocycles. The van der Waals surface area contributed by atoms with Crippen LogP contribution in [0.4, 0.5) is 4.79 Å². The number of nitrogens with zero attached hydrogens (tertiary/aromatic N) is 1. The quantitative estimate of drug-likeness (QED) is 0.413. The Morgan fingerprint density at radius 3 is 2.44 bits per heavy atom. The van der Waals surface area contributed by atoms with Crippen LogP contribution in [-0.4, -0.2) is 48.7 Å². The molecule has 0 unspecified atom stereocenters. The highest BCUT2D eigenvalue weighted by Gasteiger charge is 2.20. The molecule has 0 aromatic rings. The summed E-state index contributed by atoms with van der Waals surface area (Å²) in [4.78, 5) is 13.2. The van der Waals surface area contributed by atoms with E-state index in [4.69, 9.17) is 10.1 Å². The molecule has 6 nitrogen and oxygen atoms in total. The minimum absolute atomic E-state index is 0.107. The van der Waals surface area contributed by atoms with E-state index in [0.717, 1.165) is 26.2 Å². The molecule has 0 spiro atoms. The molecule has 6 heteroatoms. The van der Waals surface area contributed by atoms with Crippen LogP contribution >= 0.6 is 0 Å². The first kappa shape index (κ1) is 12.8. The Hall–Kier alpha value is -1.30. The highest BCUT2D eigenvalue weighted by atomic mass is 16.6. The van der Waals surface area contributed by atoms with Crippen molar-refractivity contribution in [1.29, 1.82) is 5.41 Å². The molecule has 16 heavy (non-hydrogen) atoms. The third-order valence-corrected chi connectivity index (χ3v) is 2.05. The van der Waals surface area contributed by atoms with Gasteiger partial charge in [0.25, 0.3) is 0 Å². The number of carbonyl (C=O) groups excluding carboxylic acids is 1. The summed E-state index contributed by atoms with van der Waals surface area (Å²) in [5, 5.41) is 13.3. The summed E-state index contributed by atoms with van der Waals surface area (Å²) in [6, 6.07) is 0. The van der Waals surface area contributed by atoms with E-state index < -0.39 is 11.7 Å². The molecule has 92 valence electrons. The van der Waals surface area contributed by atoms with E-state index in [1.165, 1.54) is 0 Å². The Balaban J connectivity index is 2.35. The van der Waals surface area contributed by atoms with E-state index in [2.05, 4.69) is 10.6 Å². The van der Waals surface area contributed by atoms with Crippen LogP contribution in [0, 0.1) is 5.41 Å². The zero-order valence-electron chi connectivity index (χ0n) is 10.1. The van der Waals surface area contributed by atoms with E-state index >= 15 is 0 Å². The van der Waals surface area contributed by atoms with Gasteiger partial charge in [0.2, 0.25) is 5.96 Å². The van der Waals surface area contributed by atoms with Crippen LogP contribution in [0.15, 0.2) is 0 Å². The highest BCUT2D eigenvalue weighted by molar-refractivity contribution is 5.92. The molecule has 1 fully saturated rings. The van der Waals surface area contributed by atoms with Gasteiger partial charge in [0.15, 0.2) is 0 Å². The van der Waals surface area contributed by atoms with Crippen LogP contribution in [0.5, 0.6) is 0 Å². The number of hydrogen-bond acceptors (Lipinski definition) is 4. The van der Waals surface area contributed by atoms with Crippen molar-refractivity contribution in [3.63, 3.8) is 0 Å². The SMILES string of the molecule is CC(C)(C)OC(=O)NC(=N)N1CCNCC1. The summed E-state index contributed by atoms with van der Waals surface area (Å²) in [6.45, 7) is 8.50. The van der Waals surface area contributed by atoms with Crippen LogP contribution in [0.1, 0.15) is 20.8 Å². The predicted molar refractivity (Wildman–Crippen MR) is 61.5 cm³/mol. The number of ether oxygens (including phenoxy) is 1. The van der Waals surface area contributed by atoms with Gasteiger partial charge in [0.1, 0.15) is 5.60 Å². The average Bonchev–Trinajstić information content (AvgIpc) is 2.16. The molecular weight excluding hydrogens is 208 g/mol. The van der Waals surface area contributed by atoms with Gasteiger partial charge in [0, 0.05) is 26.2 Å². The van der Waals surface area contributed by atoms with E-state index in [1.807, 2.05) is 0 Å². The van der Waals surface area contributed by atoms with Crippen LogP contribution < -0.4 is 10.6 Å². The van der Waals surface area contributed by atoms with Crippen molar-refractivity contribution in [3.05, 3.63) is 0 Å². The van der Waals surface area contributed by atoms with Crippen molar-refractivity contribution in [2.45, 2.75) is 26.4 Å². The molecule has 0 bridgehead atoms. The van der Waals surface area contributed by atoms with Crippen molar-refractivity contribution in [2.24, 2.45) is 0 Å². The topological polar surface area (TPSA) is 77.5 Å². The largest absolute Gasteiger partial charge is 0.444 e. The lowest BCUT2D eigenvalue weighted by atomic mass is 10.2. The summed E-state index contributed by atoms with van der Waals surface area (Å²) in [7, 11) is 0. The van der Waals surface area contributed by atoms with E-state index in [0.29, 0.717) is 0 Å². The molecule has 1 saturated heterocycles. The van der Waals surface area contributed by atoms with E-state index in [9.17, 15) is 4.79 Å². The molecule has 0 aromatic heterocycles. The molecule has 1 amide bonds. The maximum Gasteiger partial charge on any atom is 0.414 e. The number of amides is 1. The van der Waals surface area contributed by atoms with Crippen molar-refractivity contribution in [2.75, 3.05) is 26.2 Å². The number of carbonyl (C=O) groups is 1. The fourth-order valence-electron chi connectivity index (χ4n) is 1.37. The van der Waals surface area contributed by atoms with Gasteiger partial charge in [-0.05, 0) is 20.8 Å². The fraction of sp³-hybridized carbons (Fsp3) is 0.800. The van der Waals surface area contributed by atoms with Crippen LogP contribution in [0.2, 0.25) is 0 Å². The number of guanidine groups is 1. The molecule has 3 N–H and O–H groups in total. The van der Waals surface area contributed by atoms with Gasteiger partial charge in [-0.15, -0.1) is 0 Å². The Kier molecular flexibility index (Phi) is 4.12. The molecule has 1 aliphatic rings. The zero-order valence-corrected chi connectivity index (χ0v) is 10.1. The van der Waals surface area contributed by atoms with Crippen LogP contribution in [0.25, 0.3) is 0 Å². The second kappa shape index (κ2) is 5.16. The van der Waals surface area contributed by atoms with E-state index in [1.54, 1.807) is 25.7 Å². The predicted octanol–water partition coefficient (Wildman–Crippen LogP) is 0.351. The molecule has 0 aliphatic carbocycles. The molecular formula is C10H20N4O2. The minimum atomic E-state index is -0.573. The lowest BCUT2D eigenvalue weighted by Crippen LogP contribution is -2.52. The van der Waals surface area contributed by atoms with Gasteiger partial charge in [-0.1, -0.05) is 0 Å². The van der Waals surface area contributed by atoms with Gasteiger partial charge in [-0.25, -0.2) is 4.79 Å². The summed E-state index contributed by atoms with van der Waals surface area (Å²) < 4.78 is 5.07. The average molecular weight is 228 g/mol. The fourth-order valence-corrected chi connectivity index (χ4v) is 1.37. The molecule has 1 rings (SSSR count). The number of nitrogens with one attached hydrogen (secondary N) is 3. The Labute approximate surface area is 95.8 Å². The highest BCUT2D eigenvalue weighted by Crippen LogP contribution is 2.06.